The van der Waals surface area contributed by atoms with E-state index in [1.54, 1.807) is 0 Å². The highest BCUT2D eigenvalue weighted by Gasteiger charge is 2.38. The number of aromatic nitrogens is 3. The van der Waals surface area contributed by atoms with Crippen LogP contribution >= 0.6 is 12.4 Å². The second-order valence-electron chi connectivity index (χ2n) is 8.98. The minimum absolute atomic E-state index is 0. The molecule has 3 aromatic rings. The maximum Gasteiger partial charge on any atom is 0.234 e. The SMILES string of the molecule is Cc1cc(-c2nc(C#N)nc3c2ccn3C)ccc1OCCC1C2CCCC1CC2.Cl. The first-order valence-electron chi connectivity index (χ1n) is 11.1. The highest BCUT2D eigenvalue weighted by atomic mass is 35.5. The Labute approximate surface area is 189 Å². The Morgan fingerprint density at radius 1 is 1.13 bits per heavy atom. The van der Waals surface area contributed by atoms with Gasteiger partial charge in [-0.25, -0.2) is 9.97 Å². The molecular weight excluding hydrogens is 408 g/mol. The number of hydrogen-bond donors (Lipinski definition) is 0. The lowest BCUT2D eigenvalue weighted by molar-refractivity contribution is 0.176. The molecule has 2 atom stereocenters. The van der Waals surface area contributed by atoms with Crippen LogP contribution in [0.2, 0.25) is 0 Å². The molecule has 0 radical (unpaired) electrons. The normalized spacial score (nSPS) is 22.2. The zero-order valence-electron chi connectivity index (χ0n) is 18.2. The van der Waals surface area contributed by atoms with Gasteiger partial charge in [-0.1, -0.05) is 19.3 Å². The van der Waals surface area contributed by atoms with Crippen molar-refractivity contribution in [1.82, 2.24) is 14.5 Å². The van der Waals surface area contributed by atoms with E-state index in [-0.39, 0.29) is 18.2 Å². The first-order chi connectivity index (χ1) is 14.6. The van der Waals surface area contributed by atoms with Crippen LogP contribution in [0.15, 0.2) is 30.5 Å². The number of rotatable bonds is 5. The van der Waals surface area contributed by atoms with Gasteiger partial charge in [-0.3, -0.25) is 0 Å². The molecule has 0 aliphatic heterocycles. The zero-order valence-corrected chi connectivity index (χ0v) is 19.0. The van der Waals surface area contributed by atoms with E-state index < -0.39 is 0 Å². The van der Waals surface area contributed by atoms with Crippen LogP contribution in [-0.2, 0) is 7.05 Å². The second kappa shape index (κ2) is 8.88. The van der Waals surface area contributed by atoms with Gasteiger partial charge in [0.25, 0.3) is 0 Å². The average molecular weight is 437 g/mol. The molecule has 0 amide bonds. The fraction of sp³-hybridized carbons (Fsp3) is 0.480. The summed E-state index contributed by atoms with van der Waals surface area (Å²) in [6, 6.07) is 10.3. The number of hydrogen-bond acceptors (Lipinski definition) is 4. The Bertz CT molecular complexity index is 1120. The van der Waals surface area contributed by atoms with E-state index in [0.29, 0.717) is 0 Å². The van der Waals surface area contributed by atoms with E-state index in [4.69, 9.17) is 4.74 Å². The minimum Gasteiger partial charge on any atom is -0.493 e. The largest absolute Gasteiger partial charge is 0.493 e. The van der Waals surface area contributed by atoms with Crippen molar-refractivity contribution in [1.29, 1.82) is 5.26 Å². The molecule has 2 unspecified atom stereocenters. The fourth-order valence-corrected chi connectivity index (χ4v) is 5.74. The van der Waals surface area contributed by atoms with Crippen molar-refractivity contribution in [2.75, 3.05) is 6.61 Å². The molecule has 0 spiro atoms. The first-order valence-corrected chi connectivity index (χ1v) is 11.1. The Kier molecular flexibility index (Phi) is 6.20. The van der Waals surface area contributed by atoms with Crippen molar-refractivity contribution in [3.63, 3.8) is 0 Å². The maximum atomic E-state index is 9.34. The van der Waals surface area contributed by atoms with Gasteiger partial charge in [0.1, 0.15) is 17.5 Å². The van der Waals surface area contributed by atoms with Gasteiger partial charge in [-0.2, -0.15) is 5.26 Å². The topological polar surface area (TPSA) is 63.7 Å². The number of fused-ring (bicyclic) bond motifs is 3. The third kappa shape index (κ3) is 4.02. The summed E-state index contributed by atoms with van der Waals surface area (Å²) in [4.78, 5) is 8.84. The average Bonchev–Trinajstić information content (AvgIpc) is 3.22. The molecule has 6 heteroatoms. The Balaban J connectivity index is 0.00000231. The third-order valence-electron chi connectivity index (χ3n) is 7.25. The molecule has 2 bridgehead atoms. The Morgan fingerprint density at radius 3 is 2.61 bits per heavy atom. The number of aryl methyl sites for hydroxylation is 2. The lowest BCUT2D eigenvalue weighted by Gasteiger charge is -2.30. The molecule has 1 aromatic carbocycles. The third-order valence-corrected chi connectivity index (χ3v) is 7.25. The summed E-state index contributed by atoms with van der Waals surface area (Å²) in [7, 11) is 1.93. The molecule has 2 aliphatic rings. The molecule has 31 heavy (non-hydrogen) atoms. The van der Waals surface area contributed by atoms with Crippen LogP contribution in [0.1, 0.15) is 49.9 Å². The van der Waals surface area contributed by atoms with Crippen LogP contribution in [0, 0.1) is 36.0 Å². The summed E-state index contributed by atoms with van der Waals surface area (Å²) in [5, 5.41) is 10.3. The Hall–Kier alpha value is -2.58. The quantitative estimate of drug-likeness (QED) is 0.504. The Morgan fingerprint density at radius 2 is 1.90 bits per heavy atom. The van der Waals surface area contributed by atoms with E-state index in [2.05, 4.69) is 29.0 Å². The summed E-state index contributed by atoms with van der Waals surface area (Å²) in [5.41, 5.74) is 3.66. The summed E-state index contributed by atoms with van der Waals surface area (Å²) in [5.74, 6) is 3.89. The maximum absolute atomic E-state index is 9.34. The summed E-state index contributed by atoms with van der Waals surface area (Å²) < 4.78 is 8.12. The molecule has 2 aromatic heterocycles. The van der Waals surface area contributed by atoms with Crippen molar-refractivity contribution >= 4 is 23.4 Å². The standard InChI is InChI=1S/C25H28N4O.ClH/c1-16-14-19(24-21-10-12-29(2)25(21)28-23(15-26)27-24)8-9-22(16)30-13-11-20-17-4-3-5-18(20)7-6-17;/h8-10,12,14,17-18,20H,3-7,11,13H2,1-2H3;1H. The van der Waals surface area contributed by atoms with Crippen molar-refractivity contribution < 1.29 is 4.74 Å². The van der Waals surface area contributed by atoms with Crippen molar-refractivity contribution in [3.05, 3.63) is 41.9 Å². The zero-order chi connectivity index (χ0) is 20.7. The van der Waals surface area contributed by atoms with E-state index in [0.717, 1.165) is 58.0 Å². The van der Waals surface area contributed by atoms with Gasteiger partial charge in [-0.15, -0.1) is 12.4 Å². The summed E-state index contributed by atoms with van der Waals surface area (Å²) in [6.45, 7) is 2.88. The van der Waals surface area contributed by atoms with E-state index in [1.807, 2.05) is 36.0 Å². The van der Waals surface area contributed by atoms with Gasteiger partial charge in [0, 0.05) is 24.2 Å². The van der Waals surface area contributed by atoms with E-state index in [9.17, 15) is 5.26 Å². The van der Waals surface area contributed by atoms with Crippen LogP contribution in [-0.4, -0.2) is 21.1 Å². The summed E-state index contributed by atoms with van der Waals surface area (Å²) >= 11 is 0. The lowest BCUT2D eigenvalue weighted by Crippen LogP contribution is -2.22. The van der Waals surface area contributed by atoms with Crippen LogP contribution < -0.4 is 4.74 Å². The highest BCUT2D eigenvalue weighted by Crippen LogP contribution is 2.48. The molecule has 0 N–H and O–H groups in total. The molecule has 0 saturated heterocycles. The molecule has 162 valence electrons. The number of benzene rings is 1. The molecule has 2 fully saturated rings. The number of nitriles is 1. The second-order valence-corrected chi connectivity index (χ2v) is 8.98. The molecule has 2 heterocycles. The van der Waals surface area contributed by atoms with Crippen molar-refractivity contribution in [2.45, 2.75) is 45.4 Å². The highest BCUT2D eigenvalue weighted by molar-refractivity contribution is 5.91. The van der Waals surface area contributed by atoms with Gasteiger partial charge >= 0.3 is 0 Å². The predicted molar refractivity (Wildman–Crippen MR) is 124 cm³/mol. The van der Waals surface area contributed by atoms with E-state index in [1.165, 1.54) is 38.5 Å². The van der Waals surface area contributed by atoms with E-state index >= 15 is 0 Å². The first kappa shape index (κ1) is 21.6. The van der Waals surface area contributed by atoms with Gasteiger partial charge in [0.05, 0.1) is 12.3 Å². The predicted octanol–water partition coefficient (Wildman–Crippen LogP) is 5.83. The minimum atomic E-state index is 0. The van der Waals surface area contributed by atoms with Gasteiger partial charge in [0.15, 0.2) is 0 Å². The smallest absolute Gasteiger partial charge is 0.234 e. The van der Waals surface area contributed by atoms with Crippen LogP contribution in [0.4, 0.5) is 0 Å². The van der Waals surface area contributed by atoms with Crippen molar-refractivity contribution in [3.8, 4) is 23.1 Å². The fourth-order valence-electron chi connectivity index (χ4n) is 5.74. The molecule has 2 aliphatic carbocycles. The monoisotopic (exact) mass is 436 g/mol. The summed E-state index contributed by atoms with van der Waals surface area (Å²) in [6.07, 6.45) is 10.3. The van der Waals surface area contributed by atoms with Gasteiger partial charge in [-0.05, 0) is 73.8 Å². The molecular formula is C25H29ClN4O. The van der Waals surface area contributed by atoms with Crippen LogP contribution in [0.3, 0.4) is 0 Å². The number of halogens is 1. The van der Waals surface area contributed by atoms with Gasteiger partial charge < -0.3 is 9.30 Å². The molecule has 5 nitrogen and oxygen atoms in total. The van der Waals surface area contributed by atoms with Crippen molar-refractivity contribution in [2.24, 2.45) is 24.8 Å². The van der Waals surface area contributed by atoms with Crippen LogP contribution in [0.25, 0.3) is 22.3 Å². The number of nitrogens with zero attached hydrogens (tertiary/aromatic N) is 4. The number of ether oxygens (including phenoxy) is 1. The van der Waals surface area contributed by atoms with Gasteiger partial charge in [0.2, 0.25) is 5.82 Å². The molecule has 2 saturated carbocycles. The van der Waals surface area contributed by atoms with Crippen LogP contribution in [0.5, 0.6) is 5.75 Å². The molecule has 5 rings (SSSR count). The lowest BCUT2D eigenvalue weighted by atomic mass is 9.77.